The Labute approximate surface area is 109 Å². The quantitative estimate of drug-likeness (QED) is 0.875. The first-order chi connectivity index (χ1) is 9.16. The molecule has 0 unspecified atom stereocenters. The van der Waals surface area contributed by atoms with Crippen LogP contribution in [0.25, 0.3) is 0 Å². The second kappa shape index (κ2) is 5.72. The highest BCUT2D eigenvalue weighted by Crippen LogP contribution is 2.16. The molecule has 0 aliphatic rings. The zero-order chi connectivity index (χ0) is 13.7. The maximum absolute atomic E-state index is 12.1. The summed E-state index contributed by atoms with van der Waals surface area (Å²) >= 11 is 0. The Kier molecular flexibility index (Phi) is 3.82. The number of nitrogens with zero attached hydrogens (tertiary/aromatic N) is 2. The van der Waals surface area contributed by atoms with E-state index >= 15 is 0 Å². The molecule has 0 aliphatic carbocycles. The van der Waals surface area contributed by atoms with Crippen molar-refractivity contribution in [3.63, 3.8) is 0 Å². The number of carbonyl (C=O) groups is 2. The largest absolute Gasteiger partial charge is 0.326 e. The number of amides is 2. The molecule has 0 saturated carbocycles. The molecule has 0 radical (unpaired) electrons. The highest BCUT2D eigenvalue weighted by atomic mass is 16.2. The summed E-state index contributed by atoms with van der Waals surface area (Å²) in [6.07, 6.45) is 3.06. The van der Waals surface area contributed by atoms with Gasteiger partial charge in [0.1, 0.15) is 0 Å². The average Bonchev–Trinajstić information content (AvgIpc) is 2.39. The van der Waals surface area contributed by atoms with Crippen molar-refractivity contribution >= 4 is 23.5 Å². The lowest BCUT2D eigenvalue weighted by Crippen LogP contribution is -2.17. The molecule has 0 fully saturated rings. The second-order valence-corrected chi connectivity index (χ2v) is 3.75. The molecule has 1 heterocycles. The molecule has 0 aliphatic heterocycles. The Bertz CT molecular complexity index is 599. The van der Waals surface area contributed by atoms with Crippen molar-refractivity contribution in [1.82, 2.24) is 9.97 Å². The summed E-state index contributed by atoms with van der Waals surface area (Å²) < 4.78 is 0. The molecule has 0 atom stereocenters. The van der Waals surface area contributed by atoms with Crippen LogP contribution in [0, 0.1) is 0 Å². The van der Waals surface area contributed by atoms with Gasteiger partial charge in [-0.2, -0.15) is 0 Å². The zero-order valence-electron chi connectivity index (χ0n) is 10.3. The normalized spacial score (nSPS) is 9.74. The van der Waals surface area contributed by atoms with Gasteiger partial charge in [-0.05, 0) is 18.2 Å². The molecular formula is C13H12N4O2. The van der Waals surface area contributed by atoms with Crippen molar-refractivity contribution in [1.29, 1.82) is 0 Å². The van der Waals surface area contributed by atoms with Crippen LogP contribution in [0.3, 0.4) is 0 Å². The van der Waals surface area contributed by atoms with E-state index in [2.05, 4.69) is 20.6 Å². The van der Waals surface area contributed by atoms with Gasteiger partial charge in [-0.25, -0.2) is 9.97 Å². The summed E-state index contributed by atoms with van der Waals surface area (Å²) in [5, 5.41) is 5.16. The minimum Gasteiger partial charge on any atom is -0.326 e. The van der Waals surface area contributed by atoms with Gasteiger partial charge in [0.05, 0.1) is 11.3 Å². The van der Waals surface area contributed by atoms with Crippen LogP contribution < -0.4 is 10.6 Å². The Morgan fingerprint density at radius 2 is 1.68 bits per heavy atom. The standard InChI is InChI=1S/C13H12N4O2/c1-9(18)16-11-6-3-2-5-10(11)12(19)17-13-14-7-4-8-15-13/h2-8H,1H3,(H,16,18)(H,14,15,17,19). The monoisotopic (exact) mass is 256 g/mol. The number of carbonyl (C=O) groups excluding carboxylic acids is 2. The van der Waals surface area contributed by atoms with Crippen molar-refractivity contribution in [2.45, 2.75) is 6.92 Å². The van der Waals surface area contributed by atoms with E-state index in [4.69, 9.17) is 0 Å². The minimum absolute atomic E-state index is 0.213. The van der Waals surface area contributed by atoms with Crippen LogP contribution in [0.5, 0.6) is 0 Å². The molecule has 0 saturated heterocycles. The minimum atomic E-state index is -0.379. The number of aromatic nitrogens is 2. The maximum atomic E-state index is 12.1. The van der Waals surface area contributed by atoms with E-state index in [0.29, 0.717) is 11.3 Å². The van der Waals surface area contributed by atoms with E-state index in [-0.39, 0.29) is 17.8 Å². The first-order valence-corrected chi connectivity index (χ1v) is 5.62. The van der Waals surface area contributed by atoms with Gasteiger partial charge >= 0.3 is 0 Å². The van der Waals surface area contributed by atoms with E-state index < -0.39 is 0 Å². The van der Waals surface area contributed by atoms with Crippen LogP contribution >= 0.6 is 0 Å². The Morgan fingerprint density at radius 3 is 2.37 bits per heavy atom. The Balaban J connectivity index is 2.21. The predicted octanol–water partition coefficient (Wildman–Crippen LogP) is 1.69. The van der Waals surface area contributed by atoms with Crippen LogP contribution in [0.15, 0.2) is 42.7 Å². The van der Waals surface area contributed by atoms with Gasteiger partial charge in [-0.3, -0.25) is 14.9 Å². The molecule has 1 aromatic carbocycles. The fourth-order valence-corrected chi connectivity index (χ4v) is 1.51. The van der Waals surface area contributed by atoms with Gasteiger partial charge in [0.25, 0.3) is 5.91 Å². The van der Waals surface area contributed by atoms with Crippen LogP contribution in [0.1, 0.15) is 17.3 Å². The molecule has 0 bridgehead atoms. The molecule has 6 nitrogen and oxygen atoms in total. The highest BCUT2D eigenvalue weighted by molar-refractivity contribution is 6.09. The Morgan fingerprint density at radius 1 is 1.00 bits per heavy atom. The summed E-state index contributed by atoms with van der Waals surface area (Å²) in [6.45, 7) is 1.38. The highest BCUT2D eigenvalue weighted by Gasteiger charge is 2.12. The third-order valence-corrected chi connectivity index (χ3v) is 2.27. The van der Waals surface area contributed by atoms with Crippen molar-refractivity contribution < 1.29 is 9.59 Å². The SMILES string of the molecule is CC(=O)Nc1ccccc1C(=O)Nc1ncccn1. The molecule has 2 amide bonds. The Hall–Kier alpha value is -2.76. The number of nitrogens with one attached hydrogen (secondary N) is 2. The fourth-order valence-electron chi connectivity index (χ4n) is 1.51. The maximum Gasteiger partial charge on any atom is 0.260 e. The van der Waals surface area contributed by atoms with E-state index in [0.717, 1.165) is 0 Å². The van der Waals surface area contributed by atoms with Gasteiger partial charge in [0.2, 0.25) is 11.9 Å². The van der Waals surface area contributed by atoms with Crippen molar-refractivity contribution in [3.8, 4) is 0 Å². The summed E-state index contributed by atoms with van der Waals surface area (Å²) in [6, 6.07) is 8.37. The lowest BCUT2D eigenvalue weighted by Gasteiger charge is -2.09. The van der Waals surface area contributed by atoms with E-state index in [1.165, 1.54) is 19.3 Å². The number of rotatable bonds is 3. The second-order valence-electron chi connectivity index (χ2n) is 3.75. The topological polar surface area (TPSA) is 84.0 Å². The number of hydrogen-bond acceptors (Lipinski definition) is 4. The fraction of sp³-hybridized carbons (Fsp3) is 0.0769. The third kappa shape index (κ3) is 3.35. The number of hydrogen-bond donors (Lipinski definition) is 2. The summed E-state index contributed by atoms with van der Waals surface area (Å²) in [5.41, 5.74) is 0.800. The van der Waals surface area contributed by atoms with Crippen molar-refractivity contribution in [3.05, 3.63) is 48.3 Å². The smallest absolute Gasteiger partial charge is 0.260 e. The number of anilines is 2. The van der Waals surface area contributed by atoms with Gasteiger partial charge in [0.15, 0.2) is 0 Å². The molecule has 1 aromatic heterocycles. The zero-order valence-corrected chi connectivity index (χ0v) is 10.3. The van der Waals surface area contributed by atoms with Crippen LogP contribution in [0.2, 0.25) is 0 Å². The summed E-state index contributed by atoms with van der Waals surface area (Å²) in [4.78, 5) is 31.0. The van der Waals surface area contributed by atoms with Gasteiger partial charge in [-0.15, -0.1) is 0 Å². The molecule has 0 spiro atoms. The first-order valence-electron chi connectivity index (χ1n) is 5.62. The average molecular weight is 256 g/mol. The summed E-state index contributed by atoms with van der Waals surface area (Å²) in [5.74, 6) is -0.406. The van der Waals surface area contributed by atoms with Gasteiger partial charge < -0.3 is 5.32 Å². The van der Waals surface area contributed by atoms with E-state index in [1.54, 1.807) is 30.3 Å². The molecular weight excluding hydrogens is 244 g/mol. The van der Waals surface area contributed by atoms with Crippen LogP contribution in [-0.2, 0) is 4.79 Å². The molecule has 19 heavy (non-hydrogen) atoms. The number of benzene rings is 1. The van der Waals surface area contributed by atoms with Crippen molar-refractivity contribution in [2.24, 2.45) is 0 Å². The first kappa shape index (κ1) is 12.7. The van der Waals surface area contributed by atoms with Crippen LogP contribution in [0.4, 0.5) is 11.6 Å². The van der Waals surface area contributed by atoms with E-state index in [1.807, 2.05) is 0 Å². The molecule has 2 aromatic rings. The van der Waals surface area contributed by atoms with E-state index in [9.17, 15) is 9.59 Å². The number of para-hydroxylation sites is 1. The lowest BCUT2D eigenvalue weighted by molar-refractivity contribution is -0.114. The molecule has 6 heteroatoms. The predicted molar refractivity (Wildman–Crippen MR) is 70.7 cm³/mol. The van der Waals surface area contributed by atoms with Crippen molar-refractivity contribution in [2.75, 3.05) is 10.6 Å². The molecule has 96 valence electrons. The molecule has 2 N–H and O–H groups in total. The lowest BCUT2D eigenvalue weighted by atomic mass is 10.1. The summed E-state index contributed by atoms with van der Waals surface area (Å²) in [7, 11) is 0. The van der Waals surface area contributed by atoms with Gasteiger partial charge in [-0.1, -0.05) is 12.1 Å². The molecule has 2 rings (SSSR count). The third-order valence-electron chi connectivity index (χ3n) is 2.27. The van der Waals surface area contributed by atoms with Gasteiger partial charge in [0, 0.05) is 19.3 Å². The van der Waals surface area contributed by atoms with Crippen LogP contribution in [-0.4, -0.2) is 21.8 Å².